The summed E-state index contributed by atoms with van der Waals surface area (Å²) >= 11 is 1.15. The third-order valence-corrected chi connectivity index (χ3v) is 21.0. The molecular weight excluding hydrogens is 1070 g/mol. The minimum absolute atomic E-state index is 0.0288. The second-order valence-corrected chi connectivity index (χ2v) is 27.6. The zero-order valence-corrected chi connectivity index (χ0v) is 46.2. The summed E-state index contributed by atoms with van der Waals surface area (Å²) in [5.41, 5.74) is 4.55. The number of aliphatic hydroxyl groups excluding tert-OH is 4. The van der Waals surface area contributed by atoms with Crippen molar-refractivity contribution in [2.75, 3.05) is 37.8 Å². The molecule has 4 aliphatic carbocycles. The molecule has 26 nitrogen and oxygen atoms in total. The van der Waals surface area contributed by atoms with Crippen molar-refractivity contribution in [1.82, 2.24) is 30.2 Å². The lowest BCUT2D eigenvalue weighted by atomic mass is 9.43. The molecule has 3 heterocycles. The van der Waals surface area contributed by atoms with Crippen LogP contribution in [0.4, 0.5) is 5.82 Å². The highest BCUT2D eigenvalue weighted by Gasteiger charge is 2.63. The second kappa shape index (κ2) is 23.7. The number of nitrogen functional groups attached to an aromatic ring is 1. The minimum Gasteiger partial charge on any atom is -0.393 e. The topological polar surface area (TPSA) is 404 Å². The fourth-order valence-electron chi connectivity index (χ4n) is 13.1. The number of aliphatic hydroxyl groups is 4. The van der Waals surface area contributed by atoms with Crippen LogP contribution in [0.2, 0.25) is 0 Å². The largest absolute Gasteiger partial charge is 0.481 e. The molecule has 0 radical (unpaired) electrons. The summed E-state index contributed by atoms with van der Waals surface area (Å²) in [5, 5.41) is 48.8. The van der Waals surface area contributed by atoms with E-state index < -0.39 is 84.6 Å². The van der Waals surface area contributed by atoms with Gasteiger partial charge in [-0.05, 0) is 104 Å². The van der Waals surface area contributed by atoms with Crippen molar-refractivity contribution in [1.29, 1.82) is 0 Å². The van der Waals surface area contributed by atoms with Gasteiger partial charge < -0.3 is 61.1 Å². The van der Waals surface area contributed by atoms with Crippen molar-refractivity contribution >= 4 is 69.1 Å². The minimum atomic E-state index is -5.60. The molecule has 5 fully saturated rings. The van der Waals surface area contributed by atoms with Crippen LogP contribution in [0.25, 0.3) is 11.2 Å². The van der Waals surface area contributed by atoms with E-state index in [1.54, 1.807) is 0 Å². The Hall–Kier alpha value is -2.52. The van der Waals surface area contributed by atoms with E-state index in [-0.39, 0.29) is 70.6 Å². The molecule has 1 aliphatic heterocycles. The van der Waals surface area contributed by atoms with E-state index in [0.717, 1.165) is 86.8 Å². The summed E-state index contributed by atoms with van der Waals surface area (Å²) in [5.74, 6) is 1.28. The van der Waals surface area contributed by atoms with Crippen LogP contribution in [0.3, 0.4) is 0 Å². The Bertz CT molecular complexity index is 2530. The molecule has 17 atom stereocenters. The van der Waals surface area contributed by atoms with Gasteiger partial charge in [0, 0.05) is 37.1 Å². The average Bonchev–Trinajstić information content (AvgIpc) is 4.01. The Morgan fingerprint density at radius 3 is 2.35 bits per heavy atom. The molecule has 9 unspecified atom stereocenters. The summed E-state index contributed by atoms with van der Waals surface area (Å²) in [6, 6.07) is 0. The van der Waals surface area contributed by atoms with E-state index in [1.807, 2.05) is 0 Å². The van der Waals surface area contributed by atoms with Crippen LogP contribution in [0.15, 0.2) is 12.7 Å². The Balaban J connectivity index is 0.778. The maximum absolute atomic E-state index is 13.0. The van der Waals surface area contributed by atoms with Gasteiger partial charge in [-0.1, -0.05) is 46.4 Å². The fourth-order valence-corrected chi connectivity index (χ4v) is 16.6. The molecule has 4 saturated carbocycles. The summed E-state index contributed by atoms with van der Waals surface area (Å²) in [4.78, 5) is 89.7. The number of rotatable bonds is 23. The quantitative estimate of drug-likeness (QED) is 0.0562. The van der Waals surface area contributed by atoms with Gasteiger partial charge in [0.05, 0.1) is 31.7 Å². The smallest absolute Gasteiger partial charge is 0.393 e. The number of phosphoric ester groups is 3. The first-order chi connectivity index (χ1) is 34.9. The summed E-state index contributed by atoms with van der Waals surface area (Å²) < 4.78 is 62.7. The molecular formula is C45H74N7O19P3S. The Labute approximate surface area is 438 Å². The van der Waals surface area contributed by atoms with Gasteiger partial charge in [-0.3, -0.25) is 32.5 Å². The molecule has 75 heavy (non-hydrogen) atoms. The number of nitrogens with one attached hydrogen (secondary N) is 2. The Morgan fingerprint density at radius 1 is 0.933 bits per heavy atom. The van der Waals surface area contributed by atoms with E-state index in [2.05, 4.69) is 55.2 Å². The number of fused-ring (bicyclic) bond motifs is 6. The molecule has 2 aromatic heterocycles. The van der Waals surface area contributed by atoms with E-state index in [4.69, 9.17) is 19.5 Å². The summed E-state index contributed by atoms with van der Waals surface area (Å²) in [6.07, 6.45) is 1.45. The third kappa shape index (κ3) is 13.9. The zero-order valence-electron chi connectivity index (χ0n) is 42.7. The SMILES string of the molecule is CC(CCC(=O)SCCNC(=O)CCNC(=O)C(O)C(C)(C)COP(=O)(O)OP(=O)(O)OC[C@H]1O[C@@H](n2cnc3c(N)ncnc32)[C@H](O)[C@@H]1OP(=O)(O)O)C1CCC2C3C(O)C[C@@H]4C[C@H](O)CC[C@]4(C)C3CC[C@]12C. The number of ether oxygens (including phenoxy) is 1. The van der Waals surface area contributed by atoms with Crippen molar-refractivity contribution < 1.29 is 90.7 Å². The van der Waals surface area contributed by atoms with Crippen molar-refractivity contribution in [3.63, 3.8) is 0 Å². The van der Waals surface area contributed by atoms with Gasteiger partial charge in [0.25, 0.3) is 0 Å². The monoisotopic (exact) mass is 1140 g/mol. The predicted octanol–water partition coefficient (Wildman–Crippen LogP) is 3.07. The van der Waals surface area contributed by atoms with Crippen molar-refractivity contribution in [3.05, 3.63) is 12.7 Å². The number of phosphoric acid groups is 3. The van der Waals surface area contributed by atoms with Crippen molar-refractivity contribution in [2.24, 2.45) is 51.8 Å². The first-order valence-electron chi connectivity index (χ1n) is 25.4. The fraction of sp³-hybridized carbons (Fsp3) is 0.822. The van der Waals surface area contributed by atoms with E-state index in [9.17, 15) is 68.1 Å². The predicted molar refractivity (Wildman–Crippen MR) is 268 cm³/mol. The summed E-state index contributed by atoms with van der Waals surface area (Å²) in [7, 11) is -16.5. The number of carbonyl (C=O) groups excluding carboxylic acids is 3. The van der Waals surface area contributed by atoms with E-state index >= 15 is 0 Å². The van der Waals surface area contributed by atoms with Gasteiger partial charge in [0.15, 0.2) is 22.8 Å². The Morgan fingerprint density at radius 2 is 1.63 bits per heavy atom. The molecule has 2 amide bonds. The number of aromatic nitrogens is 4. The van der Waals surface area contributed by atoms with Crippen LogP contribution >= 0.6 is 35.2 Å². The first-order valence-corrected chi connectivity index (χ1v) is 30.9. The molecule has 30 heteroatoms. The van der Waals surface area contributed by atoms with Gasteiger partial charge in [-0.15, -0.1) is 0 Å². The molecule has 0 bridgehead atoms. The number of imidazole rings is 1. The summed E-state index contributed by atoms with van der Waals surface area (Å²) in [6.45, 7) is 7.58. The van der Waals surface area contributed by atoms with Gasteiger partial charge in [0.2, 0.25) is 11.8 Å². The Kier molecular flexibility index (Phi) is 19.0. The van der Waals surface area contributed by atoms with Crippen LogP contribution in [0, 0.1) is 51.8 Å². The number of hydrogen-bond acceptors (Lipinski definition) is 20. The number of hydrogen-bond donors (Lipinski definition) is 11. The number of nitrogens with two attached hydrogens (primary N) is 1. The molecule has 1 saturated heterocycles. The van der Waals surface area contributed by atoms with Crippen molar-refractivity contribution in [2.45, 2.75) is 148 Å². The first kappa shape index (κ1) is 60.1. The highest BCUT2D eigenvalue weighted by molar-refractivity contribution is 8.13. The molecule has 7 rings (SSSR count). The normalized spacial score (nSPS) is 34.3. The number of thioether (sulfide) groups is 1. The molecule has 0 aromatic carbocycles. The van der Waals surface area contributed by atoms with E-state index in [1.165, 1.54) is 13.8 Å². The van der Waals surface area contributed by atoms with Crippen LogP contribution in [-0.4, -0.2) is 145 Å². The van der Waals surface area contributed by atoms with Crippen LogP contribution in [0.5, 0.6) is 0 Å². The molecule has 12 N–H and O–H groups in total. The van der Waals surface area contributed by atoms with Gasteiger partial charge >= 0.3 is 23.5 Å². The maximum Gasteiger partial charge on any atom is 0.481 e. The third-order valence-electron chi connectivity index (χ3n) is 17.0. The van der Waals surface area contributed by atoms with Crippen molar-refractivity contribution in [3.8, 4) is 0 Å². The van der Waals surface area contributed by atoms with Gasteiger partial charge in [0.1, 0.15) is 36.3 Å². The maximum atomic E-state index is 13.0. The van der Waals surface area contributed by atoms with Crippen LogP contribution in [-0.2, 0) is 50.7 Å². The molecule has 2 aromatic rings. The van der Waals surface area contributed by atoms with Crippen LogP contribution in [0.1, 0.15) is 111 Å². The van der Waals surface area contributed by atoms with E-state index in [0.29, 0.717) is 41.8 Å². The lowest BCUT2D eigenvalue weighted by Gasteiger charge is -2.62. The molecule has 424 valence electrons. The van der Waals surface area contributed by atoms with Gasteiger partial charge in [-0.25, -0.2) is 28.6 Å². The highest BCUT2D eigenvalue weighted by atomic mass is 32.2. The molecule has 5 aliphatic rings. The number of carbonyl (C=O) groups is 3. The molecule has 0 spiro atoms. The number of nitrogens with zero attached hydrogens (tertiary/aromatic N) is 4. The number of amides is 2. The zero-order chi connectivity index (χ0) is 55.1. The number of anilines is 1. The second-order valence-electron chi connectivity index (χ2n) is 22.3. The lowest BCUT2D eigenvalue weighted by molar-refractivity contribution is -0.174. The van der Waals surface area contributed by atoms with Crippen LogP contribution < -0.4 is 16.4 Å². The average molecular weight is 1140 g/mol. The van der Waals surface area contributed by atoms with Gasteiger partial charge in [-0.2, -0.15) is 4.31 Å². The highest BCUT2D eigenvalue weighted by Crippen LogP contribution is 2.68. The standard InChI is InChI=1S/C45H74N7O19P3S/c1-24(27-7-8-28-34-29(11-14-45(27,28)5)44(4)13-10-26(53)18-25(44)19-30(34)54)6-9-33(56)75-17-16-47-32(55)12-15-48-41(59)38(58)43(2,3)21-68-74(65,66)71-73(63,64)67-20-31-37(70-72(60,61)62)36(57)42(69-31)52-23-51-35-39(46)49-22-50-40(35)52/h22-31,34,36-38,42,53-54,57-58H,6-21H2,1-5H3,(H,47,55)(H,48,59)(H,63,64)(H,65,66)(H2,46,49,50)(H2,60,61,62)/t24?,25-,26+,27?,28?,29?,30?,31+,34?,36+,37+,38?,42+,44-,45+/m0/s1. The lowest BCUT2D eigenvalue weighted by Crippen LogP contribution is -2.58.